The minimum absolute atomic E-state index is 0.0572. The van der Waals surface area contributed by atoms with Crippen molar-refractivity contribution in [3.8, 4) is 11.3 Å². The molecule has 1 N–H and O–H groups in total. The van der Waals surface area contributed by atoms with E-state index in [0.29, 0.717) is 5.82 Å². The van der Waals surface area contributed by atoms with E-state index in [1.54, 1.807) is 0 Å². The van der Waals surface area contributed by atoms with Gasteiger partial charge >= 0.3 is 0 Å². The normalized spacial score (nSPS) is 14.0. The number of hydrogen-bond acceptors (Lipinski definition) is 7. The van der Waals surface area contributed by atoms with E-state index in [1.165, 1.54) is 17.6 Å². The maximum atomic E-state index is 14.9. The molecule has 200 valence electrons. The van der Waals surface area contributed by atoms with E-state index in [2.05, 4.69) is 44.2 Å². The third kappa shape index (κ3) is 5.46. The summed E-state index contributed by atoms with van der Waals surface area (Å²) in [5.74, 6) is -0.703. The highest BCUT2D eigenvalue weighted by Crippen LogP contribution is 2.29. The largest absolute Gasteiger partial charge is 0.322 e. The molecule has 1 aromatic carbocycles. The summed E-state index contributed by atoms with van der Waals surface area (Å²) in [5.41, 5.74) is 2.14. The van der Waals surface area contributed by atoms with Crippen LogP contribution in [-0.2, 0) is 19.5 Å². The molecule has 8 nitrogen and oxygen atoms in total. The highest BCUT2D eigenvalue weighted by atomic mass is 19.3. The first kappa shape index (κ1) is 26.0. The summed E-state index contributed by atoms with van der Waals surface area (Å²) < 4.78 is 57.0. The second kappa shape index (κ2) is 10.6. The van der Waals surface area contributed by atoms with Crippen molar-refractivity contribution in [1.82, 2.24) is 34.3 Å². The second-order valence-electron chi connectivity index (χ2n) is 9.63. The van der Waals surface area contributed by atoms with Gasteiger partial charge in [0.1, 0.15) is 22.9 Å². The summed E-state index contributed by atoms with van der Waals surface area (Å²) in [6.45, 7) is 4.56. The van der Waals surface area contributed by atoms with Crippen LogP contribution >= 0.6 is 0 Å². The average Bonchev–Trinajstić information content (AvgIpc) is 3.18. The number of likely N-dealkylation sites (N-methyl/N-ethyl adjacent to an activating group) is 1. The summed E-state index contributed by atoms with van der Waals surface area (Å²) in [6, 6.07) is 6.33. The number of nitrogens with zero attached hydrogens (tertiary/aromatic N) is 7. The molecular formula is C26H28F4N8. The smallest absolute Gasteiger partial charge is 0.256 e. The summed E-state index contributed by atoms with van der Waals surface area (Å²) in [4.78, 5) is 21.6. The van der Waals surface area contributed by atoms with Crippen molar-refractivity contribution in [2.45, 2.75) is 32.9 Å². The maximum absolute atomic E-state index is 14.9. The molecule has 0 fully saturated rings. The van der Waals surface area contributed by atoms with Gasteiger partial charge < -0.3 is 14.8 Å². The maximum Gasteiger partial charge on any atom is 0.256 e. The predicted octanol–water partition coefficient (Wildman–Crippen LogP) is 4.40. The zero-order chi connectivity index (χ0) is 27.0. The molecular weight excluding hydrogens is 500 g/mol. The number of hydrogen-bond donors (Lipinski definition) is 1. The van der Waals surface area contributed by atoms with Crippen molar-refractivity contribution < 1.29 is 17.6 Å². The number of nitrogens with one attached hydrogen (secondary N) is 1. The van der Waals surface area contributed by atoms with Gasteiger partial charge in [0.05, 0.1) is 18.3 Å². The lowest BCUT2D eigenvalue weighted by molar-refractivity contribution is 0.127. The van der Waals surface area contributed by atoms with Crippen LogP contribution in [0.5, 0.6) is 0 Å². The lowest BCUT2D eigenvalue weighted by Gasteiger charge is -2.29. The molecule has 0 aliphatic carbocycles. The number of alkyl halides is 2. The van der Waals surface area contributed by atoms with E-state index in [9.17, 15) is 17.6 Å². The molecule has 1 aliphatic rings. The van der Waals surface area contributed by atoms with Crippen LogP contribution in [0, 0.1) is 18.6 Å². The molecule has 0 spiro atoms. The Morgan fingerprint density at radius 1 is 1.08 bits per heavy atom. The van der Waals surface area contributed by atoms with Gasteiger partial charge in [-0.3, -0.25) is 4.90 Å². The predicted molar refractivity (Wildman–Crippen MR) is 136 cm³/mol. The third-order valence-corrected chi connectivity index (χ3v) is 6.57. The van der Waals surface area contributed by atoms with Gasteiger partial charge in [-0.2, -0.15) is 0 Å². The number of benzene rings is 1. The average molecular weight is 529 g/mol. The summed E-state index contributed by atoms with van der Waals surface area (Å²) in [5, 5.41) is 3.01. The first-order valence-electron chi connectivity index (χ1n) is 12.3. The van der Waals surface area contributed by atoms with Gasteiger partial charge in [-0.1, -0.05) is 6.07 Å². The SMILES string of the molecule is Cc1nc2c(F)cc(-c3nc(Nc4ccc5c(n4)CCN(CCN(C)C)C5)ncc3F)cc2n1CC(F)F. The Bertz CT molecular complexity index is 1470. The van der Waals surface area contributed by atoms with Crippen LogP contribution in [0.1, 0.15) is 17.1 Å². The Hall–Kier alpha value is -3.64. The minimum Gasteiger partial charge on any atom is -0.322 e. The first-order valence-corrected chi connectivity index (χ1v) is 12.3. The number of fused-ring (bicyclic) bond motifs is 2. The van der Waals surface area contributed by atoms with Crippen LogP contribution in [0.25, 0.3) is 22.3 Å². The lowest BCUT2D eigenvalue weighted by Crippen LogP contribution is -2.36. The van der Waals surface area contributed by atoms with Crippen LogP contribution in [0.3, 0.4) is 0 Å². The Kier molecular flexibility index (Phi) is 7.26. The van der Waals surface area contributed by atoms with E-state index in [0.717, 1.165) is 56.1 Å². The molecule has 0 atom stereocenters. The van der Waals surface area contributed by atoms with Gasteiger partial charge in [-0.25, -0.2) is 37.5 Å². The van der Waals surface area contributed by atoms with E-state index in [4.69, 9.17) is 4.98 Å². The van der Waals surface area contributed by atoms with Crippen molar-refractivity contribution in [1.29, 1.82) is 0 Å². The number of rotatable bonds is 8. The molecule has 12 heteroatoms. The van der Waals surface area contributed by atoms with Crippen LogP contribution in [0.4, 0.5) is 29.3 Å². The quantitative estimate of drug-likeness (QED) is 0.340. The summed E-state index contributed by atoms with van der Waals surface area (Å²) in [7, 11) is 4.11. The number of imidazole rings is 1. The van der Waals surface area contributed by atoms with Gasteiger partial charge in [0.25, 0.3) is 6.43 Å². The van der Waals surface area contributed by atoms with E-state index in [1.807, 2.05) is 12.1 Å². The molecule has 0 radical (unpaired) electrons. The lowest BCUT2D eigenvalue weighted by atomic mass is 10.1. The monoisotopic (exact) mass is 528 g/mol. The number of halogens is 4. The molecule has 0 bridgehead atoms. The fourth-order valence-electron chi connectivity index (χ4n) is 4.62. The first-order chi connectivity index (χ1) is 18.2. The topological polar surface area (TPSA) is 75.0 Å². The third-order valence-electron chi connectivity index (χ3n) is 6.57. The Labute approximate surface area is 217 Å². The standard InChI is InChI=1S/C26H28F4N8/c1-15-32-25-18(27)10-17(11-21(25)38(15)14-22(29)30)24-19(28)12-31-26(35-24)34-23-5-4-16-13-37(9-8-36(2)3)7-6-20(16)33-23/h4-5,10-12,22H,6-9,13-14H2,1-3H3,(H,31,33,34,35). The molecule has 0 saturated heterocycles. The summed E-state index contributed by atoms with van der Waals surface area (Å²) in [6.07, 6.45) is -0.872. The van der Waals surface area contributed by atoms with E-state index >= 15 is 0 Å². The molecule has 0 amide bonds. The molecule has 4 heterocycles. The molecule has 4 aromatic rings. The van der Waals surface area contributed by atoms with Crippen molar-refractivity contribution >= 4 is 22.8 Å². The molecule has 38 heavy (non-hydrogen) atoms. The molecule has 5 rings (SSSR count). The Morgan fingerprint density at radius 2 is 1.89 bits per heavy atom. The molecule has 0 saturated carbocycles. The van der Waals surface area contributed by atoms with Crippen LogP contribution < -0.4 is 5.32 Å². The van der Waals surface area contributed by atoms with E-state index < -0.39 is 24.6 Å². The van der Waals surface area contributed by atoms with Crippen LogP contribution in [0.2, 0.25) is 0 Å². The second-order valence-corrected chi connectivity index (χ2v) is 9.63. The fourth-order valence-corrected chi connectivity index (χ4v) is 4.62. The van der Waals surface area contributed by atoms with Crippen molar-refractivity contribution in [2.75, 3.05) is 39.0 Å². The highest BCUT2D eigenvalue weighted by Gasteiger charge is 2.20. The number of anilines is 2. The van der Waals surface area contributed by atoms with Crippen LogP contribution in [0.15, 0.2) is 30.5 Å². The minimum atomic E-state index is -2.66. The van der Waals surface area contributed by atoms with Crippen molar-refractivity contribution in [3.63, 3.8) is 0 Å². The highest BCUT2D eigenvalue weighted by molar-refractivity contribution is 5.83. The number of aryl methyl sites for hydroxylation is 1. The van der Waals surface area contributed by atoms with Crippen LogP contribution in [-0.4, -0.2) is 74.5 Å². The van der Waals surface area contributed by atoms with Gasteiger partial charge in [-0.05, 0) is 44.8 Å². The molecule has 0 unspecified atom stereocenters. The number of aromatic nitrogens is 5. The van der Waals surface area contributed by atoms with Gasteiger partial charge in [0, 0.05) is 43.9 Å². The van der Waals surface area contributed by atoms with E-state index in [-0.39, 0.29) is 34.1 Å². The van der Waals surface area contributed by atoms with Gasteiger partial charge in [-0.15, -0.1) is 0 Å². The Morgan fingerprint density at radius 3 is 2.66 bits per heavy atom. The zero-order valence-electron chi connectivity index (χ0n) is 21.3. The zero-order valence-corrected chi connectivity index (χ0v) is 21.3. The summed E-state index contributed by atoms with van der Waals surface area (Å²) >= 11 is 0. The molecule has 1 aliphatic heterocycles. The fraction of sp³-hybridized carbons (Fsp3) is 0.385. The van der Waals surface area contributed by atoms with Gasteiger partial charge in [0.15, 0.2) is 11.6 Å². The Balaban J connectivity index is 1.40. The van der Waals surface area contributed by atoms with Crippen molar-refractivity contribution in [3.05, 3.63) is 59.2 Å². The van der Waals surface area contributed by atoms with Gasteiger partial charge in [0.2, 0.25) is 5.95 Å². The van der Waals surface area contributed by atoms with Crippen molar-refractivity contribution in [2.24, 2.45) is 0 Å². The molecule has 3 aromatic heterocycles. The number of pyridine rings is 1.